The minimum Gasteiger partial charge on any atom is -0.344 e. The minimum atomic E-state index is 1.14. The molecule has 6 nitrogen and oxygen atoms in total. The molecule has 0 saturated heterocycles. The normalized spacial score (nSPS) is 12.7. The molecule has 2 aliphatic rings. The Bertz CT molecular complexity index is 3200. The summed E-state index contributed by atoms with van der Waals surface area (Å²) in [4.78, 5) is 0. The van der Waals surface area contributed by atoms with Crippen molar-refractivity contribution in [2.45, 2.75) is 0 Å². The van der Waals surface area contributed by atoms with Crippen molar-refractivity contribution < 1.29 is 9.13 Å². The van der Waals surface area contributed by atoms with Gasteiger partial charge in [-0.25, -0.2) is 0 Å². The highest BCUT2D eigenvalue weighted by molar-refractivity contribution is 6.11. The van der Waals surface area contributed by atoms with E-state index in [2.05, 4.69) is 215 Å². The Morgan fingerprint density at radius 3 is 1.20 bits per heavy atom. The van der Waals surface area contributed by atoms with E-state index in [1.807, 2.05) is 0 Å². The molecule has 7 heterocycles. The maximum Gasteiger partial charge on any atom is 0.215 e. The van der Waals surface area contributed by atoms with Gasteiger partial charge in [0, 0.05) is 119 Å². The SMILES string of the molecule is Cn1c2ccc1c(-c1ccc3c(c1)c1ccccc1n3C)c1[n+](C)c(cc3ccc(c(-c4ccc5c(c4)c4ccccc4n5C)c4[n+](C)c(c2)C=C4)n3C)C=C1. The standard InChI is InChI=1S/C50H42N6/c1-51-33-17-23-45(51)49(31-15-21-43-39(27-31)37-11-7-9-13-41(37)55(43)5)46-24-19-35(53(46)3)30-36-20-26-48(54(36)4)50(47-25-18-34(29-33)52(47)2)32-16-22-44-40(28-32)38-12-8-10-14-42(38)56(44)6/h7-30H,1-6H3/q+2. The Balaban J connectivity index is 1.23. The Labute approximate surface area is 325 Å². The lowest BCUT2D eigenvalue weighted by atomic mass is 10.0. The fourth-order valence-corrected chi connectivity index (χ4v) is 9.50. The summed E-state index contributed by atoms with van der Waals surface area (Å²) in [6.45, 7) is 0. The summed E-state index contributed by atoms with van der Waals surface area (Å²) < 4.78 is 14.0. The molecule has 0 atom stereocenters. The smallest absolute Gasteiger partial charge is 0.215 e. The second-order valence-electron chi connectivity index (χ2n) is 15.5. The molecule has 4 aromatic carbocycles. The number of aryl methyl sites for hydroxylation is 4. The molecule has 0 aliphatic carbocycles. The van der Waals surface area contributed by atoms with Crippen molar-refractivity contribution in [2.24, 2.45) is 42.3 Å². The average molecular weight is 727 g/mol. The topological polar surface area (TPSA) is 27.5 Å². The molecular weight excluding hydrogens is 685 g/mol. The van der Waals surface area contributed by atoms with Gasteiger partial charge in [0.05, 0.1) is 22.2 Å². The van der Waals surface area contributed by atoms with Gasteiger partial charge in [-0.15, -0.1) is 0 Å². The van der Waals surface area contributed by atoms with Gasteiger partial charge in [0.2, 0.25) is 22.8 Å². The van der Waals surface area contributed by atoms with Crippen molar-refractivity contribution in [1.29, 1.82) is 0 Å². The number of aromatic nitrogens is 6. The third kappa shape index (κ3) is 4.50. The van der Waals surface area contributed by atoms with Gasteiger partial charge in [0.1, 0.15) is 14.1 Å². The predicted octanol–water partition coefficient (Wildman–Crippen LogP) is 10.2. The minimum absolute atomic E-state index is 1.14. The molecule has 0 N–H and O–H groups in total. The van der Waals surface area contributed by atoms with Crippen LogP contribution in [0.15, 0.2) is 121 Å². The zero-order valence-corrected chi connectivity index (χ0v) is 32.5. The van der Waals surface area contributed by atoms with Crippen LogP contribution in [0.1, 0.15) is 22.8 Å². The van der Waals surface area contributed by atoms with Crippen molar-refractivity contribution in [3.8, 4) is 22.3 Å². The Morgan fingerprint density at radius 1 is 0.357 bits per heavy atom. The van der Waals surface area contributed by atoms with Gasteiger partial charge in [0.15, 0.2) is 0 Å². The molecule has 0 saturated carbocycles. The van der Waals surface area contributed by atoms with Crippen LogP contribution in [0.2, 0.25) is 0 Å². The van der Waals surface area contributed by atoms with Crippen molar-refractivity contribution in [1.82, 2.24) is 18.3 Å². The summed E-state index contributed by atoms with van der Waals surface area (Å²) >= 11 is 0. The quantitative estimate of drug-likeness (QED) is 0.159. The molecule has 2 aliphatic heterocycles. The largest absolute Gasteiger partial charge is 0.344 e. The highest BCUT2D eigenvalue weighted by atomic mass is 15.0. The van der Waals surface area contributed by atoms with E-state index in [0.29, 0.717) is 0 Å². The second kappa shape index (κ2) is 11.8. The van der Waals surface area contributed by atoms with Crippen LogP contribution in [0.4, 0.5) is 0 Å². The van der Waals surface area contributed by atoms with Crippen molar-refractivity contribution >= 4 is 90.0 Å². The van der Waals surface area contributed by atoms with Crippen molar-refractivity contribution in [3.05, 3.63) is 144 Å². The molecule has 11 rings (SSSR count). The van der Waals surface area contributed by atoms with Crippen molar-refractivity contribution in [3.63, 3.8) is 0 Å². The average Bonchev–Trinajstić information content (AvgIpc) is 4.06. The first-order valence-electron chi connectivity index (χ1n) is 19.3. The van der Waals surface area contributed by atoms with Gasteiger partial charge in [-0.05, 0) is 71.8 Å². The number of benzene rings is 4. The fourth-order valence-electron chi connectivity index (χ4n) is 9.50. The van der Waals surface area contributed by atoms with Gasteiger partial charge in [0.25, 0.3) is 0 Å². The lowest BCUT2D eigenvalue weighted by Gasteiger charge is -2.08. The molecule has 0 spiro atoms. The zero-order chi connectivity index (χ0) is 38.0. The second-order valence-corrected chi connectivity index (χ2v) is 15.5. The van der Waals surface area contributed by atoms with E-state index in [1.165, 1.54) is 88.3 Å². The third-order valence-corrected chi connectivity index (χ3v) is 12.7. The van der Waals surface area contributed by atoms with Crippen LogP contribution in [0.25, 0.3) is 112 Å². The van der Waals surface area contributed by atoms with E-state index in [4.69, 9.17) is 0 Å². The lowest BCUT2D eigenvalue weighted by Crippen LogP contribution is -2.32. The van der Waals surface area contributed by atoms with Crippen LogP contribution >= 0.6 is 0 Å². The molecule has 8 bridgehead atoms. The number of fused-ring (bicyclic) bond motifs is 14. The summed E-state index contributed by atoms with van der Waals surface area (Å²) in [5.41, 5.74) is 19.0. The molecule has 9 aromatic rings. The molecule has 0 unspecified atom stereocenters. The predicted molar refractivity (Wildman–Crippen MR) is 234 cm³/mol. The van der Waals surface area contributed by atoms with Crippen LogP contribution in [0.3, 0.4) is 0 Å². The Hall–Kier alpha value is -6.92. The first-order chi connectivity index (χ1) is 27.3. The van der Waals surface area contributed by atoms with Gasteiger partial charge in [-0.1, -0.05) is 48.5 Å². The van der Waals surface area contributed by atoms with Gasteiger partial charge in [-0.3, -0.25) is 0 Å². The van der Waals surface area contributed by atoms with E-state index in [-0.39, 0.29) is 0 Å². The Kier molecular flexibility index (Phi) is 6.84. The summed E-state index contributed by atoms with van der Waals surface area (Å²) in [6, 6.07) is 45.1. The van der Waals surface area contributed by atoms with Gasteiger partial charge >= 0.3 is 0 Å². The van der Waals surface area contributed by atoms with E-state index in [0.717, 1.165) is 22.4 Å². The van der Waals surface area contributed by atoms with Crippen LogP contribution in [-0.4, -0.2) is 18.3 Å². The number of hydrogen-bond donors (Lipinski definition) is 0. The molecule has 6 heteroatoms. The number of rotatable bonds is 2. The summed E-state index contributed by atoms with van der Waals surface area (Å²) in [6.07, 6.45) is 9.09. The van der Waals surface area contributed by atoms with E-state index < -0.39 is 0 Å². The van der Waals surface area contributed by atoms with Crippen molar-refractivity contribution in [2.75, 3.05) is 0 Å². The van der Waals surface area contributed by atoms with Crippen LogP contribution in [-0.2, 0) is 42.3 Å². The number of nitrogens with zero attached hydrogens (tertiary/aromatic N) is 6. The maximum atomic E-state index is 2.39. The first kappa shape index (κ1) is 32.5. The third-order valence-electron chi connectivity index (χ3n) is 12.7. The highest BCUT2D eigenvalue weighted by Gasteiger charge is 2.25. The van der Waals surface area contributed by atoms with E-state index in [9.17, 15) is 0 Å². The zero-order valence-electron chi connectivity index (χ0n) is 32.5. The number of hydrogen-bond acceptors (Lipinski definition) is 0. The maximum absolute atomic E-state index is 2.39. The fraction of sp³-hybridized carbons (Fsp3) is 0.120. The monoisotopic (exact) mass is 726 g/mol. The molecule has 5 aromatic heterocycles. The Morgan fingerprint density at radius 2 is 0.750 bits per heavy atom. The van der Waals surface area contributed by atoms with Gasteiger partial charge < -0.3 is 18.3 Å². The summed E-state index contributed by atoms with van der Waals surface area (Å²) in [5.74, 6) is 0. The summed E-state index contributed by atoms with van der Waals surface area (Å²) in [5, 5.41) is 5.08. The van der Waals surface area contributed by atoms with Crippen LogP contribution in [0.5, 0.6) is 0 Å². The molecule has 56 heavy (non-hydrogen) atoms. The molecule has 0 fully saturated rings. The summed E-state index contributed by atoms with van der Waals surface area (Å²) in [7, 11) is 13.1. The molecule has 0 radical (unpaired) electrons. The highest BCUT2D eigenvalue weighted by Crippen LogP contribution is 2.38. The lowest BCUT2D eigenvalue weighted by molar-refractivity contribution is -0.671. The van der Waals surface area contributed by atoms with E-state index in [1.54, 1.807) is 0 Å². The van der Waals surface area contributed by atoms with Crippen LogP contribution < -0.4 is 9.13 Å². The molecule has 270 valence electrons. The molecule has 0 amide bonds. The molecular formula is C50H42N6+2. The first-order valence-corrected chi connectivity index (χ1v) is 19.3. The van der Waals surface area contributed by atoms with Gasteiger partial charge in [-0.2, -0.15) is 9.13 Å². The number of para-hydroxylation sites is 2. The van der Waals surface area contributed by atoms with Crippen LogP contribution in [0, 0.1) is 0 Å². The van der Waals surface area contributed by atoms with E-state index >= 15 is 0 Å².